The molecule has 0 spiro atoms. The van der Waals surface area contributed by atoms with E-state index in [9.17, 15) is 0 Å². The number of benzene rings is 1. The zero-order valence-electron chi connectivity index (χ0n) is 10.4. The minimum absolute atomic E-state index is 0.226. The van der Waals surface area contributed by atoms with Gasteiger partial charge in [-0.3, -0.25) is 0 Å². The third-order valence-electron chi connectivity index (χ3n) is 2.56. The maximum atomic E-state index is 3.59. The molecule has 0 aliphatic heterocycles. The van der Waals surface area contributed by atoms with Crippen LogP contribution in [0.3, 0.4) is 0 Å². The van der Waals surface area contributed by atoms with E-state index in [0.29, 0.717) is 6.04 Å². The van der Waals surface area contributed by atoms with Gasteiger partial charge in [-0.15, -0.1) is 0 Å². The molecule has 1 rings (SSSR count). The van der Waals surface area contributed by atoms with Crippen molar-refractivity contribution in [1.29, 1.82) is 0 Å². The van der Waals surface area contributed by atoms with Gasteiger partial charge in [0.25, 0.3) is 0 Å². The van der Waals surface area contributed by atoms with E-state index in [0.717, 1.165) is 6.42 Å². The predicted molar refractivity (Wildman–Crippen MR) is 67.1 cm³/mol. The number of hydrogen-bond acceptors (Lipinski definition) is 1. The minimum atomic E-state index is 0.226. The molecule has 1 nitrogen and oxygen atoms in total. The van der Waals surface area contributed by atoms with E-state index in [-0.39, 0.29) is 5.54 Å². The molecule has 0 saturated carbocycles. The minimum Gasteiger partial charge on any atom is -0.310 e. The van der Waals surface area contributed by atoms with Crippen LogP contribution in [0, 0.1) is 0 Å². The van der Waals surface area contributed by atoms with Crippen LogP contribution >= 0.6 is 0 Å². The van der Waals surface area contributed by atoms with Crippen LogP contribution in [0.5, 0.6) is 0 Å². The van der Waals surface area contributed by atoms with Crippen molar-refractivity contribution in [3.63, 3.8) is 0 Å². The molecule has 1 aromatic carbocycles. The van der Waals surface area contributed by atoms with Gasteiger partial charge in [0.15, 0.2) is 0 Å². The lowest BCUT2D eigenvalue weighted by molar-refractivity contribution is 0.333. The normalized spacial score (nSPS) is 12.1. The van der Waals surface area contributed by atoms with Crippen LogP contribution in [-0.2, 0) is 6.42 Å². The summed E-state index contributed by atoms with van der Waals surface area (Å²) in [6.45, 7) is 8.94. The Morgan fingerprint density at radius 3 is 2.27 bits per heavy atom. The zero-order valence-corrected chi connectivity index (χ0v) is 10.4. The van der Waals surface area contributed by atoms with Gasteiger partial charge in [-0.25, -0.2) is 0 Å². The summed E-state index contributed by atoms with van der Waals surface area (Å²) in [6.07, 6.45) is 2.32. The van der Waals surface area contributed by atoms with Crippen LogP contribution < -0.4 is 5.32 Å². The highest BCUT2D eigenvalue weighted by molar-refractivity contribution is 5.15. The lowest BCUT2D eigenvalue weighted by Crippen LogP contribution is -2.43. The molecule has 0 aromatic heterocycles. The summed E-state index contributed by atoms with van der Waals surface area (Å²) in [7, 11) is 0. The summed E-state index contributed by atoms with van der Waals surface area (Å²) >= 11 is 0. The summed E-state index contributed by atoms with van der Waals surface area (Å²) < 4.78 is 0. The first-order valence-corrected chi connectivity index (χ1v) is 5.81. The number of rotatable bonds is 5. The molecule has 0 aliphatic carbocycles. The predicted octanol–water partition coefficient (Wildman–Crippen LogP) is 3.40. The maximum absolute atomic E-state index is 3.59. The molecule has 0 saturated heterocycles. The fourth-order valence-corrected chi connectivity index (χ4v) is 1.96. The van der Waals surface area contributed by atoms with Crippen molar-refractivity contribution < 1.29 is 0 Å². The molecule has 0 amide bonds. The fourth-order valence-electron chi connectivity index (χ4n) is 1.96. The Labute approximate surface area is 93.9 Å². The van der Waals surface area contributed by atoms with Gasteiger partial charge >= 0.3 is 0 Å². The van der Waals surface area contributed by atoms with Crippen LogP contribution in [0.15, 0.2) is 30.3 Å². The first kappa shape index (κ1) is 12.3. The van der Waals surface area contributed by atoms with Crippen LogP contribution in [-0.4, -0.2) is 11.6 Å². The molecular weight excluding hydrogens is 182 g/mol. The molecule has 0 aliphatic rings. The smallest absolute Gasteiger partial charge is 0.0130 e. The van der Waals surface area contributed by atoms with E-state index >= 15 is 0 Å². The quantitative estimate of drug-likeness (QED) is 0.777. The third kappa shape index (κ3) is 4.98. The van der Waals surface area contributed by atoms with Gasteiger partial charge in [-0.2, -0.15) is 0 Å². The van der Waals surface area contributed by atoms with Crippen molar-refractivity contribution in [1.82, 2.24) is 5.32 Å². The van der Waals surface area contributed by atoms with Gasteiger partial charge in [0.2, 0.25) is 0 Å². The lowest BCUT2D eigenvalue weighted by atomic mass is 9.94. The van der Waals surface area contributed by atoms with Gasteiger partial charge in [0.05, 0.1) is 0 Å². The Balaban J connectivity index is 2.42. The highest BCUT2D eigenvalue weighted by Gasteiger charge is 2.17. The monoisotopic (exact) mass is 205 g/mol. The van der Waals surface area contributed by atoms with Crippen LogP contribution in [0.1, 0.15) is 39.7 Å². The Morgan fingerprint density at radius 2 is 1.73 bits per heavy atom. The highest BCUT2D eigenvalue weighted by atomic mass is 15.0. The van der Waals surface area contributed by atoms with E-state index in [1.54, 1.807) is 0 Å². The summed E-state index contributed by atoms with van der Waals surface area (Å²) in [4.78, 5) is 0. The van der Waals surface area contributed by atoms with Gasteiger partial charge in [0.1, 0.15) is 0 Å². The summed E-state index contributed by atoms with van der Waals surface area (Å²) in [5.74, 6) is 0. The standard InChI is InChI=1S/C14H23N/c1-12(2)15-14(3,4)11-10-13-8-6-5-7-9-13/h5-9,12,15H,10-11H2,1-4H3. The molecule has 0 atom stereocenters. The van der Waals surface area contributed by atoms with Crippen LogP contribution in [0.4, 0.5) is 0 Å². The molecule has 0 fully saturated rings. The molecule has 15 heavy (non-hydrogen) atoms. The molecule has 0 bridgehead atoms. The zero-order chi connectivity index (χ0) is 11.3. The van der Waals surface area contributed by atoms with Crippen molar-refractivity contribution in [2.24, 2.45) is 0 Å². The van der Waals surface area contributed by atoms with Crippen LogP contribution in [0.25, 0.3) is 0 Å². The molecule has 0 heterocycles. The lowest BCUT2D eigenvalue weighted by Gasteiger charge is -2.29. The Morgan fingerprint density at radius 1 is 1.13 bits per heavy atom. The number of aryl methyl sites for hydroxylation is 1. The Kier molecular flexibility index (Phi) is 4.34. The summed E-state index contributed by atoms with van der Waals surface area (Å²) in [5, 5.41) is 3.59. The number of nitrogens with one attached hydrogen (secondary N) is 1. The summed E-state index contributed by atoms with van der Waals surface area (Å²) in [5.41, 5.74) is 1.65. The molecule has 0 unspecified atom stereocenters. The molecule has 84 valence electrons. The Bertz CT molecular complexity index is 275. The van der Waals surface area contributed by atoms with Gasteiger partial charge in [-0.1, -0.05) is 44.2 Å². The first-order valence-electron chi connectivity index (χ1n) is 5.81. The first-order chi connectivity index (χ1) is 6.99. The van der Waals surface area contributed by atoms with E-state index in [1.165, 1.54) is 12.0 Å². The van der Waals surface area contributed by atoms with Gasteiger partial charge in [-0.05, 0) is 32.3 Å². The average molecular weight is 205 g/mol. The van der Waals surface area contributed by atoms with Gasteiger partial charge < -0.3 is 5.32 Å². The molecule has 0 radical (unpaired) electrons. The SMILES string of the molecule is CC(C)NC(C)(C)CCc1ccccc1. The van der Waals surface area contributed by atoms with Gasteiger partial charge in [0, 0.05) is 11.6 Å². The number of hydrogen-bond donors (Lipinski definition) is 1. The van der Waals surface area contributed by atoms with Crippen molar-refractivity contribution in [3.8, 4) is 0 Å². The van der Waals surface area contributed by atoms with E-state index < -0.39 is 0 Å². The molecular formula is C14H23N. The second-order valence-electron chi connectivity index (χ2n) is 5.17. The third-order valence-corrected chi connectivity index (χ3v) is 2.56. The van der Waals surface area contributed by atoms with Crippen LogP contribution in [0.2, 0.25) is 0 Å². The van der Waals surface area contributed by atoms with Crippen molar-refractivity contribution in [2.45, 2.75) is 52.1 Å². The highest BCUT2D eigenvalue weighted by Crippen LogP contribution is 2.14. The largest absolute Gasteiger partial charge is 0.310 e. The van der Waals surface area contributed by atoms with E-state index in [1.807, 2.05) is 0 Å². The van der Waals surface area contributed by atoms with E-state index in [2.05, 4.69) is 63.3 Å². The van der Waals surface area contributed by atoms with E-state index in [4.69, 9.17) is 0 Å². The molecule has 1 aromatic rings. The van der Waals surface area contributed by atoms with Crippen molar-refractivity contribution in [2.75, 3.05) is 0 Å². The molecule has 1 N–H and O–H groups in total. The topological polar surface area (TPSA) is 12.0 Å². The fraction of sp³-hybridized carbons (Fsp3) is 0.571. The van der Waals surface area contributed by atoms with Crippen molar-refractivity contribution >= 4 is 0 Å². The second kappa shape index (κ2) is 5.32. The average Bonchev–Trinajstić information content (AvgIpc) is 2.15. The Hall–Kier alpha value is -0.820. The summed E-state index contributed by atoms with van der Waals surface area (Å²) in [6, 6.07) is 11.2. The van der Waals surface area contributed by atoms with Crippen molar-refractivity contribution in [3.05, 3.63) is 35.9 Å². The second-order valence-corrected chi connectivity index (χ2v) is 5.17. The maximum Gasteiger partial charge on any atom is 0.0130 e. The molecule has 1 heteroatoms.